The van der Waals surface area contributed by atoms with E-state index in [0.717, 1.165) is 11.6 Å². The molecule has 0 saturated carbocycles. The number of hydrogen-bond acceptors (Lipinski definition) is 8. The van der Waals surface area contributed by atoms with Gasteiger partial charge in [-0.3, -0.25) is 4.99 Å². The van der Waals surface area contributed by atoms with Gasteiger partial charge in [0.15, 0.2) is 0 Å². The molecule has 0 aliphatic rings. The van der Waals surface area contributed by atoms with Gasteiger partial charge in [0.05, 0.1) is 30.7 Å². The van der Waals surface area contributed by atoms with Crippen molar-refractivity contribution >= 4 is 30.0 Å². The average Bonchev–Trinajstić information content (AvgIpc) is 3.52. The summed E-state index contributed by atoms with van der Waals surface area (Å²) < 4.78 is 31.0. The van der Waals surface area contributed by atoms with E-state index in [1.54, 1.807) is 60.9 Å². The van der Waals surface area contributed by atoms with E-state index in [1.807, 2.05) is 52.1 Å². The Hall–Kier alpha value is -5.48. The number of esters is 2. The van der Waals surface area contributed by atoms with Crippen LogP contribution in [0.4, 0.5) is 5.69 Å². The van der Waals surface area contributed by atoms with Crippen molar-refractivity contribution in [2.75, 3.05) is 33.0 Å². The van der Waals surface area contributed by atoms with Crippen LogP contribution in [0.3, 0.4) is 0 Å². The Balaban J connectivity index is 1.16. The third kappa shape index (κ3) is 10.4. The summed E-state index contributed by atoms with van der Waals surface area (Å²) >= 11 is 0. The van der Waals surface area contributed by atoms with Crippen molar-refractivity contribution < 1.29 is 37.8 Å². The molecule has 1 aromatic heterocycles. The molecular formula is C34H34N3O7+. The molecule has 0 bridgehead atoms. The first-order valence-corrected chi connectivity index (χ1v) is 13.9. The third-order valence-corrected chi connectivity index (χ3v) is 6.06. The lowest BCUT2D eigenvalue weighted by atomic mass is 10.2. The molecular weight excluding hydrogens is 562 g/mol. The molecule has 0 aliphatic carbocycles. The van der Waals surface area contributed by atoms with Crippen molar-refractivity contribution in [1.82, 2.24) is 4.57 Å². The van der Waals surface area contributed by atoms with Gasteiger partial charge in [-0.25, -0.2) is 18.7 Å². The first-order valence-electron chi connectivity index (χ1n) is 13.9. The number of rotatable bonds is 17. The van der Waals surface area contributed by atoms with Crippen LogP contribution >= 0.6 is 0 Å². The largest absolute Gasteiger partial charge is 0.491 e. The fourth-order valence-corrected chi connectivity index (χ4v) is 3.75. The SMILES string of the molecule is C=CC(=O)OCCOCCOc1ccc(/C=N/c2ccc(OC(=O)c3ccc(OCC[n+]4ccn(C=C)c4)cc3)cc2)cc1. The molecule has 3 aromatic carbocycles. The number of imidazole rings is 1. The molecule has 1 heterocycles. The maximum absolute atomic E-state index is 12.6. The maximum atomic E-state index is 12.6. The summed E-state index contributed by atoms with van der Waals surface area (Å²) in [5, 5.41) is 0. The summed E-state index contributed by atoms with van der Waals surface area (Å²) in [4.78, 5) is 28.0. The number of carbonyl (C=O) groups excluding carboxylic acids is 2. The number of aromatic nitrogens is 2. The molecule has 4 rings (SSSR count). The predicted molar refractivity (Wildman–Crippen MR) is 166 cm³/mol. The third-order valence-electron chi connectivity index (χ3n) is 6.06. The minimum atomic E-state index is -0.473. The van der Waals surface area contributed by atoms with E-state index >= 15 is 0 Å². The first-order chi connectivity index (χ1) is 21.5. The van der Waals surface area contributed by atoms with Crippen LogP contribution in [-0.4, -0.2) is 55.8 Å². The van der Waals surface area contributed by atoms with Gasteiger partial charge < -0.3 is 23.7 Å². The Kier molecular flexibility index (Phi) is 12.0. The van der Waals surface area contributed by atoms with Crippen molar-refractivity contribution in [2.24, 2.45) is 4.99 Å². The van der Waals surface area contributed by atoms with Gasteiger partial charge in [0.2, 0.25) is 6.33 Å². The second-order valence-corrected chi connectivity index (χ2v) is 9.20. The van der Waals surface area contributed by atoms with Crippen molar-refractivity contribution in [1.29, 1.82) is 0 Å². The van der Waals surface area contributed by atoms with Gasteiger partial charge in [0.25, 0.3) is 0 Å². The number of aliphatic imine (C=N–C) groups is 1. The molecule has 44 heavy (non-hydrogen) atoms. The predicted octanol–water partition coefficient (Wildman–Crippen LogP) is 5.05. The molecule has 0 spiro atoms. The first kappa shape index (κ1) is 31.5. The van der Waals surface area contributed by atoms with Crippen LogP contribution in [0, 0.1) is 0 Å². The Bertz CT molecular complexity index is 1540. The smallest absolute Gasteiger partial charge is 0.343 e. The van der Waals surface area contributed by atoms with Gasteiger partial charge in [-0.15, -0.1) is 0 Å². The Labute approximate surface area is 256 Å². The number of ether oxygens (including phenoxy) is 5. The van der Waals surface area contributed by atoms with E-state index in [4.69, 9.17) is 23.7 Å². The summed E-state index contributed by atoms with van der Waals surface area (Å²) in [5.41, 5.74) is 2.02. The molecule has 10 heteroatoms. The lowest BCUT2D eigenvalue weighted by molar-refractivity contribution is -0.696. The van der Waals surface area contributed by atoms with Crippen LogP contribution in [0.25, 0.3) is 6.20 Å². The highest BCUT2D eigenvalue weighted by Gasteiger charge is 2.09. The zero-order chi connectivity index (χ0) is 31.0. The molecule has 0 atom stereocenters. The fourth-order valence-electron chi connectivity index (χ4n) is 3.75. The quantitative estimate of drug-likeness (QED) is 0.0420. The number of nitrogens with zero attached hydrogens (tertiary/aromatic N) is 3. The molecule has 0 saturated heterocycles. The highest BCUT2D eigenvalue weighted by molar-refractivity contribution is 5.91. The van der Waals surface area contributed by atoms with Crippen molar-refractivity contribution in [3.05, 3.63) is 122 Å². The maximum Gasteiger partial charge on any atom is 0.343 e. The fraction of sp³-hybridized carbons (Fsp3) is 0.176. The molecule has 0 aliphatic heterocycles. The van der Waals surface area contributed by atoms with Gasteiger partial charge in [-0.2, -0.15) is 0 Å². The van der Waals surface area contributed by atoms with Gasteiger partial charge in [-0.1, -0.05) is 13.2 Å². The monoisotopic (exact) mass is 596 g/mol. The van der Waals surface area contributed by atoms with Crippen LogP contribution in [0.15, 0.2) is 116 Å². The molecule has 0 N–H and O–H groups in total. The summed E-state index contributed by atoms with van der Waals surface area (Å²) in [6.45, 7) is 9.42. The van der Waals surface area contributed by atoms with E-state index in [2.05, 4.69) is 18.2 Å². The lowest BCUT2D eigenvalue weighted by Gasteiger charge is -2.07. The minimum absolute atomic E-state index is 0.172. The molecule has 0 unspecified atom stereocenters. The van der Waals surface area contributed by atoms with Crippen molar-refractivity contribution in [3.8, 4) is 17.2 Å². The van der Waals surface area contributed by atoms with Crippen LogP contribution in [0.1, 0.15) is 15.9 Å². The number of benzene rings is 3. The van der Waals surface area contributed by atoms with Gasteiger partial charge in [0.1, 0.15) is 56.0 Å². The standard InChI is InChI=1S/C34H34N3O7/c1-3-33(38)43-24-22-40-21-23-42-30-11-5-27(6-12-30)25-35-29-9-15-32(16-10-29)44-34(39)28-7-13-31(14-8-28)41-20-19-37-18-17-36(4-2)26-37/h3-18,25-26H,1-2,19-24H2/q+1/b35-25+. The molecule has 0 amide bonds. The summed E-state index contributed by atoms with van der Waals surface area (Å²) in [6, 6.07) is 21.2. The number of carbonyl (C=O) groups is 2. The highest BCUT2D eigenvalue weighted by atomic mass is 16.6. The average molecular weight is 597 g/mol. The molecule has 10 nitrogen and oxygen atoms in total. The molecule has 0 fully saturated rings. The topological polar surface area (TPSA) is 101 Å². The minimum Gasteiger partial charge on any atom is -0.491 e. The Morgan fingerprint density at radius 1 is 0.795 bits per heavy atom. The van der Waals surface area contributed by atoms with Crippen LogP contribution in [-0.2, 0) is 20.8 Å². The Morgan fingerprint density at radius 3 is 2.14 bits per heavy atom. The van der Waals surface area contributed by atoms with Crippen molar-refractivity contribution in [2.45, 2.75) is 6.54 Å². The van der Waals surface area contributed by atoms with E-state index in [-0.39, 0.29) is 6.61 Å². The second kappa shape index (κ2) is 16.8. The van der Waals surface area contributed by atoms with Crippen molar-refractivity contribution in [3.63, 3.8) is 0 Å². The normalized spacial score (nSPS) is 10.7. The van der Waals surface area contributed by atoms with Gasteiger partial charge in [-0.05, 0) is 78.4 Å². The summed E-state index contributed by atoms with van der Waals surface area (Å²) in [5.74, 6) is 0.852. The molecule has 4 aromatic rings. The Morgan fingerprint density at radius 2 is 1.45 bits per heavy atom. The van der Waals surface area contributed by atoms with Crippen LogP contribution < -0.4 is 18.8 Å². The summed E-state index contributed by atoms with van der Waals surface area (Å²) in [7, 11) is 0. The molecule has 0 radical (unpaired) electrons. The molecule has 226 valence electrons. The van der Waals surface area contributed by atoms with E-state index in [9.17, 15) is 9.59 Å². The zero-order valence-electron chi connectivity index (χ0n) is 24.2. The lowest BCUT2D eigenvalue weighted by Crippen LogP contribution is -2.34. The summed E-state index contributed by atoms with van der Waals surface area (Å²) in [6.07, 6.45) is 10.3. The zero-order valence-corrected chi connectivity index (χ0v) is 24.2. The van der Waals surface area contributed by atoms with Crippen LogP contribution in [0.5, 0.6) is 17.2 Å². The van der Waals surface area contributed by atoms with E-state index < -0.39 is 11.9 Å². The van der Waals surface area contributed by atoms with Gasteiger partial charge >= 0.3 is 11.9 Å². The van der Waals surface area contributed by atoms with E-state index in [1.165, 1.54) is 0 Å². The van der Waals surface area contributed by atoms with Gasteiger partial charge in [0, 0.05) is 12.3 Å². The van der Waals surface area contributed by atoms with Crippen LogP contribution in [0.2, 0.25) is 0 Å². The highest BCUT2D eigenvalue weighted by Crippen LogP contribution is 2.20. The number of hydrogen-bond donors (Lipinski definition) is 0. The van der Waals surface area contributed by atoms with E-state index in [0.29, 0.717) is 61.5 Å². The second-order valence-electron chi connectivity index (χ2n) is 9.20.